The first kappa shape index (κ1) is 17.8. The van der Waals surface area contributed by atoms with Gasteiger partial charge in [-0.15, -0.1) is 0 Å². The van der Waals surface area contributed by atoms with Crippen LogP contribution in [-0.4, -0.2) is 18.0 Å². The number of benzene rings is 2. The molecule has 6 heteroatoms. The summed E-state index contributed by atoms with van der Waals surface area (Å²) >= 11 is 5.89. The molecule has 0 unspecified atom stereocenters. The second kappa shape index (κ2) is 8.26. The van der Waals surface area contributed by atoms with Crippen molar-refractivity contribution in [1.29, 1.82) is 0 Å². The lowest BCUT2D eigenvalue weighted by Gasteiger charge is -2.09. The SMILES string of the molecule is CCOc1ccc(CC(=O)Nc2cc(Cl)ccc2N)cc1.O. The standard InChI is InChI=1S/C16H17ClN2O2.H2O/c1-2-21-13-6-3-11(4-7-13)9-16(20)19-15-10-12(17)5-8-14(15)18;/h3-8,10H,2,9,18H2,1H3,(H,19,20);1H2. The van der Waals surface area contributed by atoms with Gasteiger partial charge < -0.3 is 21.3 Å². The summed E-state index contributed by atoms with van der Waals surface area (Å²) in [7, 11) is 0. The Morgan fingerprint density at radius 2 is 1.91 bits per heavy atom. The molecule has 5 N–H and O–H groups in total. The van der Waals surface area contributed by atoms with Gasteiger partial charge in [0.05, 0.1) is 24.4 Å². The van der Waals surface area contributed by atoms with Crippen molar-refractivity contribution in [3.05, 3.63) is 53.1 Å². The Bertz CT molecular complexity index is 630. The minimum absolute atomic E-state index is 0. The number of amides is 1. The van der Waals surface area contributed by atoms with Gasteiger partial charge in [0.2, 0.25) is 5.91 Å². The Balaban J connectivity index is 0.00000242. The molecular formula is C16H19ClN2O3. The third-order valence-corrected chi connectivity index (χ3v) is 3.12. The van der Waals surface area contributed by atoms with Crippen molar-refractivity contribution in [1.82, 2.24) is 0 Å². The van der Waals surface area contributed by atoms with Crippen LogP contribution in [-0.2, 0) is 11.2 Å². The predicted octanol–water partition coefficient (Wildman–Crippen LogP) is 2.68. The number of anilines is 2. The second-order valence-electron chi connectivity index (χ2n) is 4.53. The molecule has 118 valence electrons. The molecule has 0 aliphatic carbocycles. The fourth-order valence-corrected chi connectivity index (χ4v) is 2.06. The lowest BCUT2D eigenvalue weighted by Crippen LogP contribution is -2.15. The van der Waals surface area contributed by atoms with Crippen LogP contribution in [0.3, 0.4) is 0 Å². The van der Waals surface area contributed by atoms with Crippen molar-refractivity contribution < 1.29 is 15.0 Å². The summed E-state index contributed by atoms with van der Waals surface area (Å²) in [6.07, 6.45) is 0.262. The van der Waals surface area contributed by atoms with Gasteiger partial charge in [-0.2, -0.15) is 0 Å². The fraction of sp³-hybridized carbons (Fsp3) is 0.188. The quantitative estimate of drug-likeness (QED) is 0.828. The maximum atomic E-state index is 12.0. The van der Waals surface area contributed by atoms with Crippen molar-refractivity contribution in [3.8, 4) is 5.75 Å². The molecule has 1 amide bonds. The van der Waals surface area contributed by atoms with E-state index >= 15 is 0 Å². The van der Waals surface area contributed by atoms with E-state index in [1.807, 2.05) is 31.2 Å². The number of rotatable bonds is 5. The minimum Gasteiger partial charge on any atom is -0.494 e. The average molecular weight is 323 g/mol. The molecule has 22 heavy (non-hydrogen) atoms. The molecule has 0 bridgehead atoms. The van der Waals surface area contributed by atoms with E-state index in [2.05, 4.69) is 5.32 Å². The molecule has 0 saturated heterocycles. The lowest BCUT2D eigenvalue weighted by molar-refractivity contribution is -0.115. The van der Waals surface area contributed by atoms with Gasteiger partial charge in [-0.05, 0) is 42.8 Å². The molecule has 2 aromatic rings. The highest BCUT2D eigenvalue weighted by Gasteiger charge is 2.07. The summed E-state index contributed by atoms with van der Waals surface area (Å²) < 4.78 is 5.36. The molecule has 0 heterocycles. The molecule has 0 fully saturated rings. The molecule has 0 radical (unpaired) electrons. The van der Waals surface area contributed by atoms with Gasteiger partial charge in [0, 0.05) is 5.02 Å². The van der Waals surface area contributed by atoms with Gasteiger partial charge in [0.25, 0.3) is 0 Å². The zero-order valence-corrected chi connectivity index (χ0v) is 13.0. The van der Waals surface area contributed by atoms with Crippen LogP contribution in [0.5, 0.6) is 5.75 Å². The average Bonchev–Trinajstić information content (AvgIpc) is 2.45. The minimum atomic E-state index is -0.145. The van der Waals surface area contributed by atoms with Gasteiger partial charge >= 0.3 is 0 Å². The van der Waals surface area contributed by atoms with E-state index in [4.69, 9.17) is 22.1 Å². The number of ether oxygens (including phenoxy) is 1. The summed E-state index contributed by atoms with van der Waals surface area (Å²) in [5.41, 5.74) is 7.71. The topological polar surface area (TPSA) is 95.8 Å². The van der Waals surface area contributed by atoms with E-state index < -0.39 is 0 Å². The zero-order chi connectivity index (χ0) is 15.2. The Kier molecular flexibility index (Phi) is 6.69. The number of hydrogen-bond acceptors (Lipinski definition) is 3. The first-order valence-corrected chi connectivity index (χ1v) is 7.03. The van der Waals surface area contributed by atoms with Crippen molar-refractivity contribution in [2.75, 3.05) is 17.7 Å². The third kappa shape index (κ3) is 4.95. The molecule has 2 rings (SSSR count). The van der Waals surface area contributed by atoms with Crippen LogP contribution < -0.4 is 15.8 Å². The van der Waals surface area contributed by atoms with Crippen LogP contribution in [0.25, 0.3) is 0 Å². The van der Waals surface area contributed by atoms with Crippen LogP contribution in [0.4, 0.5) is 11.4 Å². The monoisotopic (exact) mass is 322 g/mol. The van der Waals surface area contributed by atoms with E-state index in [-0.39, 0.29) is 17.8 Å². The van der Waals surface area contributed by atoms with E-state index in [1.165, 1.54) is 0 Å². The van der Waals surface area contributed by atoms with E-state index in [9.17, 15) is 4.79 Å². The van der Waals surface area contributed by atoms with Crippen molar-refractivity contribution in [2.45, 2.75) is 13.3 Å². The molecule has 0 aromatic heterocycles. The molecule has 0 saturated carbocycles. The van der Waals surface area contributed by atoms with Crippen molar-refractivity contribution in [3.63, 3.8) is 0 Å². The lowest BCUT2D eigenvalue weighted by atomic mass is 10.1. The van der Waals surface area contributed by atoms with Gasteiger partial charge in [-0.3, -0.25) is 4.79 Å². The van der Waals surface area contributed by atoms with Crippen LogP contribution in [0, 0.1) is 0 Å². The third-order valence-electron chi connectivity index (χ3n) is 2.89. The van der Waals surface area contributed by atoms with Crippen LogP contribution in [0.15, 0.2) is 42.5 Å². The van der Waals surface area contributed by atoms with Gasteiger partial charge in [0.15, 0.2) is 0 Å². The second-order valence-corrected chi connectivity index (χ2v) is 4.97. The highest BCUT2D eigenvalue weighted by Crippen LogP contribution is 2.23. The van der Waals surface area contributed by atoms with Gasteiger partial charge in [-0.1, -0.05) is 23.7 Å². The van der Waals surface area contributed by atoms with Crippen LogP contribution in [0.2, 0.25) is 5.02 Å². The van der Waals surface area contributed by atoms with E-state index in [0.717, 1.165) is 11.3 Å². The fourth-order valence-electron chi connectivity index (χ4n) is 1.89. The maximum absolute atomic E-state index is 12.0. The zero-order valence-electron chi connectivity index (χ0n) is 12.2. The Morgan fingerprint density at radius 1 is 1.23 bits per heavy atom. The van der Waals surface area contributed by atoms with E-state index in [1.54, 1.807) is 18.2 Å². The summed E-state index contributed by atoms with van der Waals surface area (Å²) in [6, 6.07) is 12.4. The van der Waals surface area contributed by atoms with Gasteiger partial charge in [-0.25, -0.2) is 0 Å². The first-order valence-electron chi connectivity index (χ1n) is 6.65. The highest BCUT2D eigenvalue weighted by molar-refractivity contribution is 6.31. The molecule has 5 nitrogen and oxygen atoms in total. The summed E-state index contributed by atoms with van der Waals surface area (Å²) in [4.78, 5) is 12.0. The smallest absolute Gasteiger partial charge is 0.228 e. The Morgan fingerprint density at radius 3 is 2.55 bits per heavy atom. The number of hydrogen-bond donors (Lipinski definition) is 2. The van der Waals surface area contributed by atoms with Crippen LogP contribution >= 0.6 is 11.6 Å². The molecule has 2 aromatic carbocycles. The summed E-state index contributed by atoms with van der Waals surface area (Å²) in [5.74, 6) is 0.647. The summed E-state index contributed by atoms with van der Waals surface area (Å²) in [5, 5.41) is 3.29. The highest BCUT2D eigenvalue weighted by atomic mass is 35.5. The van der Waals surface area contributed by atoms with Gasteiger partial charge in [0.1, 0.15) is 5.75 Å². The van der Waals surface area contributed by atoms with Crippen LogP contribution in [0.1, 0.15) is 12.5 Å². The molecule has 0 aliphatic rings. The van der Waals surface area contributed by atoms with E-state index in [0.29, 0.717) is 23.0 Å². The largest absolute Gasteiger partial charge is 0.494 e. The number of carbonyl (C=O) groups excluding carboxylic acids is 1. The molecule has 0 spiro atoms. The Labute approximate surface area is 134 Å². The molecular weight excluding hydrogens is 304 g/mol. The normalized spacial score (nSPS) is 9.73. The van der Waals surface area contributed by atoms with Crippen molar-refractivity contribution >= 4 is 28.9 Å². The maximum Gasteiger partial charge on any atom is 0.228 e. The number of nitrogen functional groups attached to an aromatic ring is 1. The molecule has 0 atom stereocenters. The summed E-state index contributed by atoms with van der Waals surface area (Å²) in [6.45, 7) is 2.55. The number of nitrogens with two attached hydrogens (primary N) is 1. The number of halogens is 1. The Hall–Kier alpha value is -2.24. The first-order chi connectivity index (χ1) is 10.1. The molecule has 0 aliphatic heterocycles. The number of nitrogens with one attached hydrogen (secondary N) is 1. The predicted molar refractivity (Wildman–Crippen MR) is 89.4 cm³/mol. The van der Waals surface area contributed by atoms with Crippen molar-refractivity contribution in [2.24, 2.45) is 0 Å². The number of carbonyl (C=O) groups is 1.